The fourth-order valence-corrected chi connectivity index (χ4v) is 4.43. The highest BCUT2D eigenvalue weighted by atomic mass is 32.2. The first-order valence-corrected chi connectivity index (χ1v) is 8.45. The monoisotopic (exact) mass is 278 g/mol. The number of thiophene rings is 1. The van der Waals surface area contributed by atoms with Crippen molar-refractivity contribution >= 4 is 38.8 Å². The molecule has 1 aromatic rings. The second-order valence-corrected chi connectivity index (χ2v) is 8.09. The van der Waals surface area contributed by atoms with E-state index in [0.29, 0.717) is 16.4 Å². The van der Waals surface area contributed by atoms with Gasteiger partial charge in [-0.2, -0.15) is 11.8 Å². The molecule has 1 saturated carbocycles. The molecule has 0 unspecified atom stereocenters. The minimum absolute atomic E-state index is 0.135. The van der Waals surface area contributed by atoms with Crippen LogP contribution in [0, 0.1) is 0 Å². The molecule has 1 aliphatic rings. The molecule has 3 N–H and O–H groups in total. The highest BCUT2D eigenvalue weighted by Gasteiger charge is 2.42. The second kappa shape index (κ2) is 4.21. The molecule has 1 aromatic heterocycles. The number of hydrogen-bond donors (Lipinski definition) is 2. The molecule has 0 atom stereocenters. The summed E-state index contributed by atoms with van der Waals surface area (Å²) in [4.78, 5) is 0. The van der Waals surface area contributed by atoms with E-state index in [2.05, 4.69) is 4.72 Å². The molecule has 0 saturated heterocycles. The van der Waals surface area contributed by atoms with Crippen molar-refractivity contribution in [3.8, 4) is 0 Å². The molecule has 0 bridgehead atoms. The van der Waals surface area contributed by atoms with Gasteiger partial charge < -0.3 is 5.73 Å². The molecular formula is C9H14N2O2S3. The van der Waals surface area contributed by atoms with Crippen molar-refractivity contribution in [2.24, 2.45) is 0 Å². The predicted molar refractivity (Wildman–Crippen MR) is 69.4 cm³/mol. The minimum atomic E-state index is -3.37. The van der Waals surface area contributed by atoms with Crippen LogP contribution in [0.25, 0.3) is 0 Å². The van der Waals surface area contributed by atoms with Crippen molar-refractivity contribution in [3.05, 3.63) is 11.4 Å². The van der Waals surface area contributed by atoms with Crippen LogP contribution in [0.15, 0.2) is 15.7 Å². The molecule has 7 heteroatoms. The lowest BCUT2D eigenvalue weighted by Crippen LogP contribution is -2.31. The van der Waals surface area contributed by atoms with Crippen LogP contribution in [-0.4, -0.2) is 26.0 Å². The SMILES string of the molecule is CSC1(CNS(=O)(=O)c2cc(N)cs2)CC1. The Labute approximate surface area is 104 Å². The van der Waals surface area contributed by atoms with Crippen LogP contribution in [0.1, 0.15) is 12.8 Å². The third-order valence-corrected chi connectivity index (χ3v) is 6.96. The average Bonchev–Trinajstić information content (AvgIpc) is 2.91. The Morgan fingerprint density at radius 2 is 2.31 bits per heavy atom. The Hall–Kier alpha value is -0.240. The van der Waals surface area contributed by atoms with Crippen molar-refractivity contribution in [1.29, 1.82) is 0 Å². The van der Waals surface area contributed by atoms with E-state index < -0.39 is 10.0 Å². The number of thioether (sulfide) groups is 1. The van der Waals surface area contributed by atoms with Crippen molar-refractivity contribution in [2.45, 2.75) is 21.8 Å². The van der Waals surface area contributed by atoms with E-state index in [-0.39, 0.29) is 4.75 Å². The molecule has 1 fully saturated rings. The molecule has 0 radical (unpaired) electrons. The number of nitrogens with one attached hydrogen (secondary N) is 1. The molecule has 16 heavy (non-hydrogen) atoms. The number of rotatable bonds is 5. The second-order valence-electron chi connectivity index (χ2n) is 3.91. The number of anilines is 1. The van der Waals surface area contributed by atoms with E-state index in [4.69, 9.17) is 5.73 Å². The highest BCUT2D eigenvalue weighted by Crippen LogP contribution is 2.46. The maximum absolute atomic E-state index is 11.9. The lowest BCUT2D eigenvalue weighted by molar-refractivity contribution is 0.582. The van der Waals surface area contributed by atoms with Crippen molar-refractivity contribution in [1.82, 2.24) is 4.72 Å². The summed E-state index contributed by atoms with van der Waals surface area (Å²) in [6.07, 6.45) is 4.19. The molecule has 4 nitrogen and oxygen atoms in total. The number of hydrogen-bond acceptors (Lipinski definition) is 5. The summed E-state index contributed by atoms with van der Waals surface area (Å²) in [6, 6.07) is 1.49. The van der Waals surface area contributed by atoms with Crippen LogP contribution in [0.2, 0.25) is 0 Å². The lowest BCUT2D eigenvalue weighted by Gasteiger charge is -2.12. The van der Waals surface area contributed by atoms with E-state index in [0.717, 1.165) is 24.2 Å². The van der Waals surface area contributed by atoms with E-state index in [1.807, 2.05) is 6.26 Å². The average molecular weight is 278 g/mol. The molecule has 0 spiro atoms. The predicted octanol–water partition coefficient (Wildman–Crippen LogP) is 1.50. The first kappa shape index (κ1) is 12.2. The number of sulfonamides is 1. The van der Waals surface area contributed by atoms with Gasteiger partial charge in [-0.25, -0.2) is 13.1 Å². The number of nitrogen functional groups attached to an aromatic ring is 1. The molecule has 0 aromatic carbocycles. The Kier molecular flexibility index (Phi) is 3.22. The van der Waals surface area contributed by atoms with Gasteiger partial charge in [-0.05, 0) is 25.2 Å². The van der Waals surface area contributed by atoms with E-state index >= 15 is 0 Å². The number of nitrogens with two attached hydrogens (primary N) is 1. The van der Waals surface area contributed by atoms with Gasteiger partial charge in [0, 0.05) is 22.4 Å². The van der Waals surface area contributed by atoms with Crippen LogP contribution in [-0.2, 0) is 10.0 Å². The summed E-state index contributed by atoms with van der Waals surface area (Å²) in [5.74, 6) is 0. The van der Waals surface area contributed by atoms with Gasteiger partial charge in [-0.1, -0.05) is 0 Å². The van der Waals surface area contributed by atoms with E-state index in [9.17, 15) is 8.42 Å². The molecule has 0 amide bonds. The summed E-state index contributed by atoms with van der Waals surface area (Å²) in [5.41, 5.74) is 6.01. The van der Waals surface area contributed by atoms with Gasteiger partial charge >= 0.3 is 0 Å². The smallest absolute Gasteiger partial charge is 0.250 e. The van der Waals surface area contributed by atoms with Gasteiger partial charge in [0.2, 0.25) is 10.0 Å². The van der Waals surface area contributed by atoms with Gasteiger partial charge in [0.05, 0.1) is 0 Å². The zero-order valence-electron chi connectivity index (χ0n) is 8.89. The van der Waals surface area contributed by atoms with Crippen LogP contribution in [0.3, 0.4) is 0 Å². The minimum Gasteiger partial charge on any atom is -0.398 e. The normalized spacial score (nSPS) is 18.6. The Morgan fingerprint density at radius 1 is 1.62 bits per heavy atom. The van der Waals surface area contributed by atoms with Gasteiger partial charge in [-0.15, -0.1) is 11.3 Å². The van der Waals surface area contributed by atoms with Crippen molar-refractivity contribution < 1.29 is 8.42 Å². The zero-order chi connectivity index (χ0) is 11.8. The molecule has 1 aliphatic carbocycles. The topological polar surface area (TPSA) is 72.2 Å². The standard InChI is InChI=1S/C9H14N2O2S3/c1-14-9(2-3-9)6-11-16(12,13)8-4-7(10)5-15-8/h4-5,11H,2-3,6,10H2,1H3. The fourth-order valence-electron chi connectivity index (χ4n) is 1.36. The molecule has 2 rings (SSSR count). The Bertz CT molecular complexity index is 477. The molecule has 90 valence electrons. The lowest BCUT2D eigenvalue weighted by atomic mass is 10.4. The molecule has 1 heterocycles. The summed E-state index contributed by atoms with van der Waals surface area (Å²) < 4.78 is 26.8. The summed E-state index contributed by atoms with van der Waals surface area (Å²) in [5, 5.41) is 1.63. The summed E-state index contributed by atoms with van der Waals surface area (Å²) in [7, 11) is -3.37. The highest BCUT2D eigenvalue weighted by molar-refractivity contribution is 8.00. The first-order chi connectivity index (χ1) is 7.47. The molecule has 0 aliphatic heterocycles. The summed E-state index contributed by atoms with van der Waals surface area (Å²) in [6.45, 7) is 0.508. The third kappa shape index (κ3) is 2.53. The van der Waals surface area contributed by atoms with Crippen LogP contribution < -0.4 is 10.5 Å². The zero-order valence-corrected chi connectivity index (χ0v) is 11.3. The van der Waals surface area contributed by atoms with Gasteiger partial charge in [0.15, 0.2) is 0 Å². The third-order valence-electron chi connectivity index (χ3n) is 2.69. The van der Waals surface area contributed by atoms with E-state index in [1.54, 1.807) is 17.1 Å². The quantitative estimate of drug-likeness (QED) is 0.856. The van der Waals surface area contributed by atoms with Crippen LogP contribution in [0.5, 0.6) is 0 Å². The first-order valence-electron chi connectivity index (χ1n) is 4.86. The largest absolute Gasteiger partial charge is 0.398 e. The maximum Gasteiger partial charge on any atom is 0.250 e. The van der Waals surface area contributed by atoms with Crippen LogP contribution >= 0.6 is 23.1 Å². The summed E-state index contributed by atoms with van der Waals surface area (Å²) >= 11 is 2.88. The van der Waals surface area contributed by atoms with Crippen molar-refractivity contribution in [3.63, 3.8) is 0 Å². The van der Waals surface area contributed by atoms with Crippen molar-refractivity contribution in [2.75, 3.05) is 18.5 Å². The van der Waals surface area contributed by atoms with E-state index in [1.165, 1.54) is 6.07 Å². The van der Waals surface area contributed by atoms with Gasteiger partial charge in [0.25, 0.3) is 0 Å². The molecular weight excluding hydrogens is 264 g/mol. The fraction of sp³-hybridized carbons (Fsp3) is 0.556. The Morgan fingerprint density at radius 3 is 2.75 bits per heavy atom. The van der Waals surface area contributed by atoms with Gasteiger partial charge in [0.1, 0.15) is 4.21 Å². The Balaban J connectivity index is 2.04. The van der Waals surface area contributed by atoms with Crippen LogP contribution in [0.4, 0.5) is 5.69 Å². The maximum atomic E-state index is 11.9. The van der Waals surface area contributed by atoms with Gasteiger partial charge in [-0.3, -0.25) is 0 Å².